The molecule has 0 saturated carbocycles. The van der Waals surface area contributed by atoms with Crippen LogP contribution in [-0.4, -0.2) is 16.1 Å². The molecule has 1 N–H and O–H groups in total. The SMILES string of the molecule is CCNC(c1nccn1C)C(C)c1ccccc1. The quantitative estimate of drug-likeness (QED) is 0.875. The van der Waals surface area contributed by atoms with E-state index in [1.807, 2.05) is 19.4 Å². The minimum absolute atomic E-state index is 0.248. The highest BCUT2D eigenvalue weighted by Crippen LogP contribution is 2.29. The molecule has 96 valence electrons. The smallest absolute Gasteiger partial charge is 0.126 e. The van der Waals surface area contributed by atoms with E-state index in [2.05, 4.69) is 59.0 Å². The largest absolute Gasteiger partial charge is 0.337 e. The van der Waals surface area contributed by atoms with E-state index in [4.69, 9.17) is 0 Å². The Bertz CT molecular complexity index is 475. The highest BCUT2D eigenvalue weighted by Gasteiger charge is 2.22. The molecular weight excluding hydrogens is 222 g/mol. The molecule has 3 nitrogen and oxygen atoms in total. The summed E-state index contributed by atoms with van der Waals surface area (Å²) in [7, 11) is 2.05. The number of aryl methyl sites for hydroxylation is 1. The molecule has 2 unspecified atom stereocenters. The lowest BCUT2D eigenvalue weighted by atomic mass is 9.92. The van der Waals surface area contributed by atoms with Crippen molar-refractivity contribution in [3.8, 4) is 0 Å². The molecule has 2 rings (SSSR count). The predicted octanol–water partition coefficient (Wildman–Crippen LogP) is 2.87. The Morgan fingerprint density at radius 2 is 2.00 bits per heavy atom. The predicted molar refractivity (Wildman–Crippen MR) is 74.5 cm³/mol. The Labute approximate surface area is 109 Å². The molecule has 2 atom stereocenters. The van der Waals surface area contributed by atoms with E-state index in [0.29, 0.717) is 5.92 Å². The Balaban J connectivity index is 2.28. The molecule has 1 heterocycles. The van der Waals surface area contributed by atoms with E-state index in [9.17, 15) is 0 Å². The maximum Gasteiger partial charge on any atom is 0.126 e. The van der Waals surface area contributed by atoms with Gasteiger partial charge in [-0.05, 0) is 12.1 Å². The van der Waals surface area contributed by atoms with Gasteiger partial charge in [-0.1, -0.05) is 44.2 Å². The summed E-state index contributed by atoms with van der Waals surface area (Å²) in [6.45, 7) is 5.32. The maximum atomic E-state index is 4.48. The first kappa shape index (κ1) is 12.8. The van der Waals surface area contributed by atoms with Crippen molar-refractivity contribution in [1.82, 2.24) is 14.9 Å². The molecule has 1 aromatic carbocycles. The molecule has 1 aromatic heterocycles. The summed E-state index contributed by atoms with van der Waals surface area (Å²) in [4.78, 5) is 4.48. The molecule has 0 aliphatic carbocycles. The molecule has 0 aliphatic rings. The summed E-state index contributed by atoms with van der Waals surface area (Å²) in [5, 5.41) is 3.54. The summed E-state index contributed by atoms with van der Waals surface area (Å²) >= 11 is 0. The topological polar surface area (TPSA) is 29.9 Å². The second-order valence-electron chi connectivity index (χ2n) is 4.63. The number of likely N-dealkylation sites (N-methyl/N-ethyl adjacent to an activating group) is 1. The zero-order chi connectivity index (χ0) is 13.0. The van der Waals surface area contributed by atoms with E-state index in [-0.39, 0.29) is 6.04 Å². The number of benzene rings is 1. The number of nitrogens with one attached hydrogen (secondary N) is 1. The molecule has 18 heavy (non-hydrogen) atoms. The van der Waals surface area contributed by atoms with Crippen molar-refractivity contribution in [3.05, 3.63) is 54.1 Å². The minimum atomic E-state index is 0.248. The maximum absolute atomic E-state index is 4.48. The molecular formula is C15H21N3. The van der Waals surface area contributed by atoms with Gasteiger partial charge in [-0.2, -0.15) is 0 Å². The highest BCUT2D eigenvalue weighted by atomic mass is 15.1. The highest BCUT2D eigenvalue weighted by molar-refractivity contribution is 5.22. The average molecular weight is 243 g/mol. The van der Waals surface area contributed by atoms with Gasteiger partial charge < -0.3 is 9.88 Å². The summed E-state index contributed by atoms with van der Waals surface area (Å²) < 4.78 is 2.09. The van der Waals surface area contributed by atoms with Crippen molar-refractivity contribution in [1.29, 1.82) is 0 Å². The number of nitrogens with zero attached hydrogens (tertiary/aromatic N) is 2. The first-order valence-corrected chi connectivity index (χ1v) is 6.49. The Hall–Kier alpha value is -1.61. The van der Waals surface area contributed by atoms with Crippen LogP contribution in [0.2, 0.25) is 0 Å². The fourth-order valence-electron chi connectivity index (χ4n) is 2.34. The van der Waals surface area contributed by atoms with Gasteiger partial charge in [0.05, 0.1) is 6.04 Å². The zero-order valence-electron chi connectivity index (χ0n) is 11.3. The van der Waals surface area contributed by atoms with E-state index < -0.39 is 0 Å². The molecule has 0 radical (unpaired) electrons. The van der Waals surface area contributed by atoms with E-state index in [1.54, 1.807) is 0 Å². The van der Waals surface area contributed by atoms with Crippen molar-refractivity contribution >= 4 is 0 Å². The summed E-state index contributed by atoms with van der Waals surface area (Å²) in [6.07, 6.45) is 3.86. The standard InChI is InChI=1S/C15H21N3/c1-4-16-14(15-17-10-11-18(15)3)12(2)13-8-6-5-7-9-13/h5-12,14,16H,4H2,1-3H3. The van der Waals surface area contributed by atoms with Crippen LogP contribution in [0.4, 0.5) is 0 Å². The summed E-state index contributed by atoms with van der Waals surface area (Å²) in [5.41, 5.74) is 1.34. The molecule has 0 aliphatic heterocycles. The van der Waals surface area contributed by atoms with Gasteiger partial charge in [-0.15, -0.1) is 0 Å². The van der Waals surface area contributed by atoms with Gasteiger partial charge in [-0.25, -0.2) is 4.98 Å². The first-order chi connectivity index (χ1) is 8.74. The van der Waals surface area contributed by atoms with Crippen LogP contribution in [0.25, 0.3) is 0 Å². The molecule has 0 amide bonds. The van der Waals surface area contributed by atoms with Gasteiger partial charge in [0.25, 0.3) is 0 Å². The second-order valence-corrected chi connectivity index (χ2v) is 4.63. The van der Waals surface area contributed by atoms with Crippen molar-refractivity contribution in [3.63, 3.8) is 0 Å². The third kappa shape index (κ3) is 2.62. The molecule has 0 bridgehead atoms. The van der Waals surface area contributed by atoms with E-state index >= 15 is 0 Å². The molecule has 0 spiro atoms. The van der Waals surface area contributed by atoms with Crippen LogP contribution in [0.1, 0.15) is 37.2 Å². The summed E-state index contributed by atoms with van der Waals surface area (Å²) in [6, 6.07) is 10.8. The fourth-order valence-corrected chi connectivity index (χ4v) is 2.34. The van der Waals surface area contributed by atoms with Gasteiger partial charge in [-0.3, -0.25) is 0 Å². The van der Waals surface area contributed by atoms with Gasteiger partial charge in [0.1, 0.15) is 5.82 Å². The molecule has 0 saturated heterocycles. The molecule has 2 aromatic rings. The van der Waals surface area contributed by atoms with Crippen LogP contribution in [0.3, 0.4) is 0 Å². The van der Waals surface area contributed by atoms with Crippen LogP contribution >= 0.6 is 0 Å². The van der Waals surface area contributed by atoms with Gasteiger partial charge in [0.2, 0.25) is 0 Å². The summed E-state index contributed by atoms with van der Waals surface area (Å²) in [5.74, 6) is 1.49. The lowest BCUT2D eigenvalue weighted by molar-refractivity contribution is 0.446. The minimum Gasteiger partial charge on any atom is -0.337 e. The Morgan fingerprint density at radius 3 is 2.56 bits per heavy atom. The van der Waals surface area contributed by atoms with Crippen molar-refractivity contribution in [2.75, 3.05) is 6.54 Å². The van der Waals surface area contributed by atoms with Crippen molar-refractivity contribution in [2.45, 2.75) is 25.8 Å². The van der Waals surface area contributed by atoms with Crippen LogP contribution in [-0.2, 0) is 7.05 Å². The van der Waals surface area contributed by atoms with Gasteiger partial charge in [0, 0.05) is 25.4 Å². The van der Waals surface area contributed by atoms with Gasteiger partial charge in [0.15, 0.2) is 0 Å². The van der Waals surface area contributed by atoms with Gasteiger partial charge >= 0.3 is 0 Å². The molecule has 3 heteroatoms. The van der Waals surface area contributed by atoms with Crippen molar-refractivity contribution < 1.29 is 0 Å². The number of hydrogen-bond donors (Lipinski definition) is 1. The Morgan fingerprint density at radius 1 is 1.28 bits per heavy atom. The van der Waals surface area contributed by atoms with Crippen molar-refractivity contribution in [2.24, 2.45) is 7.05 Å². The lowest BCUT2D eigenvalue weighted by Crippen LogP contribution is -2.28. The van der Waals surface area contributed by atoms with Crippen LogP contribution in [0.15, 0.2) is 42.7 Å². The number of rotatable bonds is 5. The first-order valence-electron chi connectivity index (χ1n) is 6.49. The van der Waals surface area contributed by atoms with Crippen LogP contribution in [0.5, 0.6) is 0 Å². The number of aromatic nitrogens is 2. The van der Waals surface area contributed by atoms with E-state index in [0.717, 1.165) is 12.4 Å². The number of hydrogen-bond acceptors (Lipinski definition) is 2. The second kappa shape index (κ2) is 5.83. The lowest BCUT2D eigenvalue weighted by Gasteiger charge is -2.24. The monoisotopic (exact) mass is 243 g/mol. The normalized spacial score (nSPS) is 14.4. The van der Waals surface area contributed by atoms with Crippen LogP contribution in [0, 0.1) is 0 Å². The molecule has 0 fully saturated rings. The Kier molecular flexibility index (Phi) is 4.15. The fraction of sp³-hybridized carbons (Fsp3) is 0.400. The third-order valence-corrected chi connectivity index (χ3v) is 3.39. The third-order valence-electron chi connectivity index (χ3n) is 3.39. The average Bonchev–Trinajstić information content (AvgIpc) is 2.82. The van der Waals surface area contributed by atoms with E-state index in [1.165, 1.54) is 5.56 Å². The zero-order valence-corrected chi connectivity index (χ0v) is 11.3. The number of imidazole rings is 1. The van der Waals surface area contributed by atoms with Crippen LogP contribution < -0.4 is 5.32 Å².